The molecule has 0 heterocycles. The van der Waals surface area contributed by atoms with E-state index in [0.29, 0.717) is 12.3 Å². The summed E-state index contributed by atoms with van der Waals surface area (Å²) in [7, 11) is 3.63. The van der Waals surface area contributed by atoms with Gasteiger partial charge in [0, 0.05) is 33.7 Å². The van der Waals surface area contributed by atoms with E-state index < -0.39 is 0 Å². The minimum Gasteiger partial charge on any atom is -0.385 e. The maximum Gasteiger partial charge on any atom is 0.222 e. The minimum absolute atomic E-state index is 0.278. The second-order valence-electron chi connectivity index (χ2n) is 4.80. The van der Waals surface area contributed by atoms with Crippen molar-refractivity contribution in [3.05, 3.63) is 0 Å². The lowest BCUT2D eigenvalue weighted by molar-refractivity contribution is -0.130. The first kappa shape index (κ1) is 15.4. The standard InChI is InChI=1S/C13H27NO2/c1-12(2)8-9-13(15)14(3)10-6-5-7-11-16-4/h12H,5-11H2,1-4H3. The number of hydrogen-bond acceptors (Lipinski definition) is 2. The molecule has 16 heavy (non-hydrogen) atoms. The van der Waals surface area contributed by atoms with Crippen LogP contribution in [0.25, 0.3) is 0 Å². The van der Waals surface area contributed by atoms with Crippen molar-refractivity contribution in [2.24, 2.45) is 5.92 Å². The van der Waals surface area contributed by atoms with Crippen LogP contribution in [-0.4, -0.2) is 38.1 Å². The number of carbonyl (C=O) groups excluding carboxylic acids is 1. The summed E-state index contributed by atoms with van der Waals surface area (Å²) < 4.78 is 4.98. The minimum atomic E-state index is 0.278. The number of methoxy groups -OCH3 is 1. The van der Waals surface area contributed by atoms with E-state index in [1.807, 2.05) is 11.9 Å². The van der Waals surface area contributed by atoms with Crippen molar-refractivity contribution in [3.63, 3.8) is 0 Å². The van der Waals surface area contributed by atoms with Crippen molar-refractivity contribution in [1.82, 2.24) is 4.90 Å². The van der Waals surface area contributed by atoms with Crippen LogP contribution in [0.3, 0.4) is 0 Å². The van der Waals surface area contributed by atoms with Crippen molar-refractivity contribution in [2.45, 2.75) is 46.0 Å². The van der Waals surface area contributed by atoms with Crippen molar-refractivity contribution in [2.75, 3.05) is 27.3 Å². The fraction of sp³-hybridized carbons (Fsp3) is 0.923. The number of amides is 1. The van der Waals surface area contributed by atoms with Gasteiger partial charge in [0.05, 0.1) is 0 Å². The maximum atomic E-state index is 11.7. The quantitative estimate of drug-likeness (QED) is 0.569. The predicted octanol–water partition coefficient (Wildman–Crippen LogP) is 2.70. The third-order valence-corrected chi connectivity index (χ3v) is 2.70. The molecule has 0 unspecified atom stereocenters. The third kappa shape index (κ3) is 8.72. The van der Waals surface area contributed by atoms with Crippen LogP contribution in [0.4, 0.5) is 0 Å². The first-order valence-corrected chi connectivity index (χ1v) is 6.30. The molecule has 0 aromatic heterocycles. The number of carbonyl (C=O) groups is 1. The van der Waals surface area contributed by atoms with Gasteiger partial charge in [-0.25, -0.2) is 0 Å². The van der Waals surface area contributed by atoms with Gasteiger partial charge < -0.3 is 9.64 Å². The van der Waals surface area contributed by atoms with Gasteiger partial charge >= 0.3 is 0 Å². The summed E-state index contributed by atoms with van der Waals surface area (Å²) in [5, 5.41) is 0. The zero-order chi connectivity index (χ0) is 12.4. The lowest BCUT2D eigenvalue weighted by Gasteiger charge is -2.17. The van der Waals surface area contributed by atoms with E-state index in [1.54, 1.807) is 7.11 Å². The monoisotopic (exact) mass is 229 g/mol. The van der Waals surface area contributed by atoms with Crippen LogP contribution in [0.2, 0.25) is 0 Å². The van der Waals surface area contributed by atoms with E-state index in [2.05, 4.69) is 13.8 Å². The first-order valence-electron chi connectivity index (χ1n) is 6.30. The zero-order valence-electron chi connectivity index (χ0n) is 11.3. The number of hydrogen-bond donors (Lipinski definition) is 0. The van der Waals surface area contributed by atoms with Gasteiger partial charge in [0.25, 0.3) is 0 Å². The highest BCUT2D eigenvalue weighted by Gasteiger charge is 2.08. The Morgan fingerprint density at radius 1 is 1.25 bits per heavy atom. The Morgan fingerprint density at radius 3 is 2.50 bits per heavy atom. The van der Waals surface area contributed by atoms with E-state index in [-0.39, 0.29) is 5.91 Å². The molecule has 3 nitrogen and oxygen atoms in total. The highest BCUT2D eigenvalue weighted by molar-refractivity contribution is 5.75. The van der Waals surface area contributed by atoms with Crippen LogP contribution in [0.5, 0.6) is 0 Å². The van der Waals surface area contributed by atoms with Crippen LogP contribution < -0.4 is 0 Å². The van der Waals surface area contributed by atoms with Gasteiger partial charge in [0.1, 0.15) is 0 Å². The molecule has 0 N–H and O–H groups in total. The topological polar surface area (TPSA) is 29.5 Å². The average molecular weight is 229 g/mol. The van der Waals surface area contributed by atoms with Crippen molar-refractivity contribution in [3.8, 4) is 0 Å². The van der Waals surface area contributed by atoms with E-state index in [0.717, 1.165) is 38.8 Å². The van der Waals surface area contributed by atoms with Gasteiger partial charge in [0.2, 0.25) is 5.91 Å². The van der Waals surface area contributed by atoms with Crippen molar-refractivity contribution >= 4 is 5.91 Å². The second kappa shape index (κ2) is 9.64. The van der Waals surface area contributed by atoms with Crippen molar-refractivity contribution in [1.29, 1.82) is 0 Å². The Hall–Kier alpha value is -0.570. The third-order valence-electron chi connectivity index (χ3n) is 2.70. The maximum absolute atomic E-state index is 11.7. The molecule has 0 spiro atoms. The SMILES string of the molecule is COCCCCCN(C)C(=O)CCC(C)C. The largest absolute Gasteiger partial charge is 0.385 e. The number of unbranched alkanes of at least 4 members (excludes halogenated alkanes) is 2. The van der Waals surface area contributed by atoms with E-state index in [9.17, 15) is 4.79 Å². The van der Waals surface area contributed by atoms with Gasteiger partial charge in [-0.3, -0.25) is 4.79 Å². The second-order valence-corrected chi connectivity index (χ2v) is 4.80. The summed E-state index contributed by atoms with van der Waals surface area (Å²) in [4.78, 5) is 13.5. The summed E-state index contributed by atoms with van der Waals surface area (Å²) in [6.45, 7) is 6.00. The first-order chi connectivity index (χ1) is 7.57. The number of rotatable bonds is 9. The molecule has 0 aliphatic carbocycles. The Labute approximate surface area is 100 Å². The van der Waals surface area contributed by atoms with Gasteiger partial charge in [-0.2, -0.15) is 0 Å². The molecule has 3 heteroatoms. The van der Waals surface area contributed by atoms with Crippen LogP contribution in [0.1, 0.15) is 46.0 Å². The summed E-state index contributed by atoms with van der Waals surface area (Å²) in [5.74, 6) is 0.888. The van der Waals surface area contributed by atoms with Gasteiger partial charge in [-0.15, -0.1) is 0 Å². The smallest absolute Gasteiger partial charge is 0.222 e. The molecule has 0 saturated heterocycles. The zero-order valence-corrected chi connectivity index (χ0v) is 11.3. The molecule has 96 valence electrons. The Morgan fingerprint density at radius 2 is 1.94 bits per heavy atom. The molecule has 0 aromatic carbocycles. The normalized spacial score (nSPS) is 10.8. The summed E-state index contributed by atoms with van der Waals surface area (Å²) in [6.07, 6.45) is 4.98. The molecule has 0 fully saturated rings. The molecule has 0 atom stereocenters. The average Bonchev–Trinajstić information content (AvgIpc) is 2.25. The predicted molar refractivity (Wildman–Crippen MR) is 67.4 cm³/mol. The van der Waals surface area contributed by atoms with Crippen molar-refractivity contribution < 1.29 is 9.53 Å². The Bertz CT molecular complexity index is 181. The molecule has 0 rings (SSSR count). The highest BCUT2D eigenvalue weighted by atomic mass is 16.5. The molecule has 0 aromatic rings. The van der Waals surface area contributed by atoms with Crippen LogP contribution >= 0.6 is 0 Å². The van der Waals surface area contributed by atoms with Crippen LogP contribution in [0, 0.1) is 5.92 Å². The summed E-state index contributed by atoms with van der Waals surface area (Å²) >= 11 is 0. The van der Waals surface area contributed by atoms with Crippen LogP contribution in [-0.2, 0) is 9.53 Å². The van der Waals surface area contributed by atoms with Gasteiger partial charge in [-0.05, 0) is 31.6 Å². The Balaban J connectivity index is 3.47. The number of nitrogens with zero attached hydrogens (tertiary/aromatic N) is 1. The molecule has 1 amide bonds. The lowest BCUT2D eigenvalue weighted by Crippen LogP contribution is -2.27. The molecule has 0 bridgehead atoms. The fourth-order valence-corrected chi connectivity index (χ4v) is 1.50. The molecular formula is C13H27NO2. The van der Waals surface area contributed by atoms with E-state index in [1.165, 1.54) is 0 Å². The van der Waals surface area contributed by atoms with E-state index in [4.69, 9.17) is 4.74 Å². The number of ether oxygens (including phenoxy) is 1. The molecular weight excluding hydrogens is 202 g/mol. The highest BCUT2D eigenvalue weighted by Crippen LogP contribution is 2.06. The molecule has 0 aliphatic rings. The summed E-state index contributed by atoms with van der Waals surface area (Å²) in [6, 6.07) is 0. The molecule has 0 saturated carbocycles. The molecule has 0 aliphatic heterocycles. The lowest BCUT2D eigenvalue weighted by atomic mass is 10.1. The fourth-order valence-electron chi connectivity index (χ4n) is 1.50. The summed E-state index contributed by atoms with van der Waals surface area (Å²) in [5.41, 5.74) is 0. The Kier molecular flexibility index (Phi) is 9.30. The van der Waals surface area contributed by atoms with Gasteiger partial charge in [-0.1, -0.05) is 13.8 Å². The van der Waals surface area contributed by atoms with Crippen LogP contribution in [0.15, 0.2) is 0 Å². The van der Waals surface area contributed by atoms with E-state index >= 15 is 0 Å². The van der Waals surface area contributed by atoms with Gasteiger partial charge in [0.15, 0.2) is 0 Å². The molecule has 0 radical (unpaired) electrons.